The van der Waals surface area contributed by atoms with Crippen molar-refractivity contribution in [1.82, 2.24) is 10.9 Å². The number of carbonyl (C=O) groups is 2. The molecule has 2 unspecified atom stereocenters. The Kier molecular flexibility index (Phi) is 22.1. The minimum absolute atomic E-state index is 0.364. The molecule has 6 N–H and O–H groups in total. The molecule has 32 heavy (non-hydrogen) atoms. The molecule has 0 aromatic heterocycles. The summed E-state index contributed by atoms with van der Waals surface area (Å²) in [5.74, 6) is 9.44. The summed E-state index contributed by atoms with van der Waals surface area (Å²) in [5, 5.41) is 0. The van der Waals surface area contributed by atoms with Crippen LogP contribution in [-0.2, 0) is 19.1 Å². The second-order valence-corrected chi connectivity index (χ2v) is 8.55. The SMILES string of the molecule is CCCCCCCCCCOC(C(=O)NN)C(OCCCCCCCCCC)C(=O)NN. The summed E-state index contributed by atoms with van der Waals surface area (Å²) in [5.41, 5.74) is 4.15. The van der Waals surface area contributed by atoms with Crippen LogP contribution >= 0.6 is 0 Å². The zero-order valence-electron chi connectivity index (χ0n) is 20.7. The van der Waals surface area contributed by atoms with E-state index in [1.165, 1.54) is 64.2 Å². The highest BCUT2D eigenvalue weighted by Gasteiger charge is 2.35. The Morgan fingerprint density at radius 3 is 1.12 bits per heavy atom. The summed E-state index contributed by atoms with van der Waals surface area (Å²) >= 11 is 0. The van der Waals surface area contributed by atoms with E-state index < -0.39 is 24.0 Å². The van der Waals surface area contributed by atoms with Crippen LogP contribution in [0.2, 0.25) is 0 Å². The lowest BCUT2D eigenvalue weighted by Crippen LogP contribution is -2.54. The molecule has 8 heteroatoms. The highest BCUT2D eigenvalue weighted by atomic mass is 16.5. The lowest BCUT2D eigenvalue weighted by molar-refractivity contribution is -0.157. The number of hydrogen-bond acceptors (Lipinski definition) is 6. The van der Waals surface area contributed by atoms with Crippen molar-refractivity contribution in [2.24, 2.45) is 11.7 Å². The predicted molar refractivity (Wildman–Crippen MR) is 129 cm³/mol. The number of nitrogens with one attached hydrogen (secondary N) is 2. The third kappa shape index (κ3) is 16.4. The standard InChI is InChI=1S/C24H50N4O4/c1-3-5-7-9-11-13-15-17-19-31-21(23(29)27-25)22(24(30)28-26)32-20-18-16-14-12-10-8-6-4-2/h21-22H,3-20,25-26H2,1-2H3,(H,27,29)(H,28,30). The van der Waals surface area contributed by atoms with Crippen molar-refractivity contribution < 1.29 is 19.1 Å². The quantitative estimate of drug-likeness (QED) is 0.0792. The van der Waals surface area contributed by atoms with E-state index in [2.05, 4.69) is 24.7 Å². The van der Waals surface area contributed by atoms with Gasteiger partial charge in [0.25, 0.3) is 11.8 Å². The Morgan fingerprint density at radius 2 is 0.844 bits per heavy atom. The molecule has 8 nitrogen and oxygen atoms in total. The molecule has 2 amide bonds. The van der Waals surface area contributed by atoms with Crippen molar-refractivity contribution in [2.45, 2.75) is 129 Å². The smallest absolute Gasteiger partial charge is 0.266 e. The van der Waals surface area contributed by atoms with Gasteiger partial charge in [-0.2, -0.15) is 0 Å². The maximum Gasteiger partial charge on any atom is 0.266 e. The van der Waals surface area contributed by atoms with Gasteiger partial charge in [-0.15, -0.1) is 0 Å². The lowest BCUT2D eigenvalue weighted by atomic mass is 10.1. The topological polar surface area (TPSA) is 129 Å². The van der Waals surface area contributed by atoms with Crippen molar-refractivity contribution in [3.8, 4) is 0 Å². The van der Waals surface area contributed by atoms with Crippen molar-refractivity contribution in [3.05, 3.63) is 0 Å². The fourth-order valence-corrected chi connectivity index (χ4v) is 3.66. The average Bonchev–Trinajstić information content (AvgIpc) is 2.81. The Hall–Kier alpha value is -1.22. The van der Waals surface area contributed by atoms with Gasteiger partial charge in [-0.05, 0) is 12.8 Å². The Balaban J connectivity index is 4.32. The average molecular weight is 459 g/mol. The molecular weight excluding hydrogens is 408 g/mol. The molecule has 0 rings (SSSR count). The lowest BCUT2D eigenvalue weighted by Gasteiger charge is -2.25. The van der Waals surface area contributed by atoms with Gasteiger partial charge in [-0.3, -0.25) is 20.4 Å². The molecule has 0 aliphatic heterocycles. The van der Waals surface area contributed by atoms with Gasteiger partial charge in [0.15, 0.2) is 12.2 Å². The molecule has 0 saturated heterocycles. The van der Waals surface area contributed by atoms with Crippen molar-refractivity contribution >= 4 is 11.8 Å². The van der Waals surface area contributed by atoms with E-state index in [9.17, 15) is 9.59 Å². The monoisotopic (exact) mass is 458 g/mol. The Bertz CT molecular complexity index is 412. The number of carbonyl (C=O) groups excluding carboxylic acids is 2. The summed E-state index contributed by atoms with van der Waals surface area (Å²) in [4.78, 5) is 24.5. The third-order valence-corrected chi connectivity index (χ3v) is 5.67. The number of rotatable bonds is 23. The summed E-state index contributed by atoms with van der Waals surface area (Å²) < 4.78 is 11.4. The fraction of sp³-hybridized carbons (Fsp3) is 0.917. The first-order valence-corrected chi connectivity index (χ1v) is 12.9. The van der Waals surface area contributed by atoms with E-state index in [0.717, 1.165) is 38.5 Å². The fourth-order valence-electron chi connectivity index (χ4n) is 3.66. The normalized spacial score (nSPS) is 13.0. The number of hydrazine groups is 2. The largest absolute Gasteiger partial charge is 0.365 e. The molecule has 0 spiro atoms. The maximum absolute atomic E-state index is 12.2. The first kappa shape index (κ1) is 30.8. The maximum atomic E-state index is 12.2. The van der Waals surface area contributed by atoms with Crippen LogP contribution in [-0.4, -0.2) is 37.2 Å². The van der Waals surface area contributed by atoms with Gasteiger partial charge in [0.2, 0.25) is 0 Å². The van der Waals surface area contributed by atoms with Crippen LogP contribution in [0.1, 0.15) is 117 Å². The number of unbranched alkanes of at least 4 members (excludes halogenated alkanes) is 14. The highest BCUT2D eigenvalue weighted by molar-refractivity contribution is 5.90. The van der Waals surface area contributed by atoms with Crippen LogP contribution in [0, 0.1) is 0 Å². The molecule has 0 bridgehead atoms. The minimum atomic E-state index is -1.12. The molecule has 0 aromatic rings. The molecule has 0 aliphatic rings. The zero-order chi connectivity index (χ0) is 23.9. The van der Waals surface area contributed by atoms with Gasteiger partial charge in [0.1, 0.15) is 0 Å². The zero-order valence-corrected chi connectivity index (χ0v) is 20.7. The van der Waals surface area contributed by atoms with Crippen LogP contribution in [0.15, 0.2) is 0 Å². The number of ether oxygens (including phenoxy) is 2. The third-order valence-electron chi connectivity index (χ3n) is 5.67. The molecule has 0 aromatic carbocycles. The van der Waals surface area contributed by atoms with Crippen LogP contribution < -0.4 is 22.5 Å². The first-order chi connectivity index (χ1) is 15.6. The van der Waals surface area contributed by atoms with E-state index in [1.807, 2.05) is 0 Å². The van der Waals surface area contributed by atoms with Crippen LogP contribution in [0.4, 0.5) is 0 Å². The predicted octanol–water partition coefficient (Wildman–Crippen LogP) is 4.02. The van der Waals surface area contributed by atoms with Gasteiger partial charge < -0.3 is 9.47 Å². The summed E-state index contributed by atoms with van der Waals surface area (Å²) in [6.07, 6.45) is 16.3. The minimum Gasteiger partial charge on any atom is -0.365 e. The van der Waals surface area contributed by atoms with Gasteiger partial charge in [-0.1, -0.05) is 104 Å². The Labute approximate surface area is 195 Å². The van der Waals surface area contributed by atoms with E-state index >= 15 is 0 Å². The van der Waals surface area contributed by atoms with E-state index in [1.54, 1.807) is 0 Å². The van der Waals surface area contributed by atoms with Gasteiger partial charge in [-0.25, -0.2) is 11.7 Å². The molecule has 0 radical (unpaired) electrons. The van der Waals surface area contributed by atoms with Gasteiger partial charge in [0.05, 0.1) is 0 Å². The molecule has 0 aliphatic carbocycles. The van der Waals surface area contributed by atoms with E-state index in [0.29, 0.717) is 13.2 Å². The van der Waals surface area contributed by atoms with Gasteiger partial charge in [0, 0.05) is 13.2 Å². The molecule has 0 saturated carbocycles. The summed E-state index contributed by atoms with van der Waals surface area (Å²) in [7, 11) is 0. The van der Waals surface area contributed by atoms with Crippen molar-refractivity contribution in [3.63, 3.8) is 0 Å². The van der Waals surface area contributed by atoms with Crippen molar-refractivity contribution in [1.29, 1.82) is 0 Å². The summed E-state index contributed by atoms with van der Waals surface area (Å²) in [6.45, 7) is 5.15. The second-order valence-electron chi connectivity index (χ2n) is 8.55. The molecule has 190 valence electrons. The molecular formula is C24H50N4O4. The number of amides is 2. The van der Waals surface area contributed by atoms with E-state index in [-0.39, 0.29) is 0 Å². The molecule has 2 atom stereocenters. The Morgan fingerprint density at radius 1 is 0.562 bits per heavy atom. The van der Waals surface area contributed by atoms with Crippen LogP contribution in [0.3, 0.4) is 0 Å². The number of hydrogen-bond donors (Lipinski definition) is 4. The molecule has 0 fully saturated rings. The number of nitrogens with two attached hydrogens (primary N) is 2. The first-order valence-electron chi connectivity index (χ1n) is 12.9. The van der Waals surface area contributed by atoms with Crippen LogP contribution in [0.5, 0.6) is 0 Å². The van der Waals surface area contributed by atoms with Crippen molar-refractivity contribution in [2.75, 3.05) is 13.2 Å². The summed E-state index contributed by atoms with van der Waals surface area (Å²) in [6, 6.07) is 0. The highest BCUT2D eigenvalue weighted by Crippen LogP contribution is 2.13. The van der Waals surface area contributed by atoms with E-state index in [4.69, 9.17) is 21.2 Å². The second kappa shape index (κ2) is 23.0. The van der Waals surface area contributed by atoms with Crippen LogP contribution in [0.25, 0.3) is 0 Å². The molecule has 0 heterocycles. The van der Waals surface area contributed by atoms with Gasteiger partial charge >= 0.3 is 0 Å².